The van der Waals surface area contributed by atoms with Gasteiger partial charge in [-0.15, -0.1) is 0 Å². The van der Waals surface area contributed by atoms with Crippen LogP contribution in [0, 0.1) is 0 Å². The van der Waals surface area contributed by atoms with Crippen LogP contribution in [0.15, 0.2) is 29.2 Å². The maximum Gasteiger partial charge on any atom is 0.501 e. The minimum absolute atomic E-state index is 0.301. The number of hydrogen-bond acceptors (Lipinski definition) is 3. The van der Waals surface area contributed by atoms with Crippen molar-refractivity contribution in [3.8, 4) is 0 Å². The van der Waals surface area contributed by atoms with Crippen molar-refractivity contribution in [1.29, 1.82) is 0 Å². The monoisotopic (exact) mass is 253 g/mol. The Morgan fingerprint density at radius 3 is 2.25 bits per heavy atom. The first-order chi connectivity index (χ1) is 7.16. The van der Waals surface area contributed by atoms with Crippen LogP contribution in [-0.2, 0) is 9.84 Å². The molecule has 0 saturated carbocycles. The zero-order valence-corrected chi connectivity index (χ0v) is 8.47. The SMILES string of the molecule is NC(=O)c1cccc(S(=O)(=O)C(F)(F)F)c1. The first-order valence-electron chi connectivity index (χ1n) is 3.87. The minimum atomic E-state index is -5.44. The summed E-state index contributed by atoms with van der Waals surface area (Å²) in [5, 5.41) is 0. The Bertz CT molecular complexity index is 522. The van der Waals surface area contributed by atoms with Gasteiger partial charge in [-0.2, -0.15) is 13.2 Å². The van der Waals surface area contributed by atoms with E-state index in [1.54, 1.807) is 0 Å². The van der Waals surface area contributed by atoms with Crippen LogP contribution in [0.25, 0.3) is 0 Å². The maximum absolute atomic E-state index is 12.1. The molecule has 0 radical (unpaired) electrons. The van der Waals surface area contributed by atoms with E-state index in [9.17, 15) is 26.4 Å². The van der Waals surface area contributed by atoms with Crippen molar-refractivity contribution in [2.24, 2.45) is 5.73 Å². The fraction of sp³-hybridized carbons (Fsp3) is 0.125. The summed E-state index contributed by atoms with van der Waals surface area (Å²) >= 11 is 0. The average molecular weight is 253 g/mol. The topological polar surface area (TPSA) is 77.2 Å². The van der Waals surface area contributed by atoms with Crippen LogP contribution >= 0.6 is 0 Å². The normalized spacial score (nSPS) is 12.4. The Labute approximate surface area is 88.8 Å². The number of rotatable bonds is 2. The van der Waals surface area contributed by atoms with Crippen LogP contribution in [0.5, 0.6) is 0 Å². The molecular weight excluding hydrogens is 247 g/mol. The van der Waals surface area contributed by atoms with E-state index in [0.717, 1.165) is 18.2 Å². The van der Waals surface area contributed by atoms with Crippen LogP contribution in [-0.4, -0.2) is 19.8 Å². The quantitative estimate of drug-likeness (QED) is 0.856. The zero-order valence-electron chi connectivity index (χ0n) is 7.65. The number of carbonyl (C=O) groups excluding carboxylic acids is 1. The van der Waals surface area contributed by atoms with Gasteiger partial charge in [0.1, 0.15) is 0 Å². The van der Waals surface area contributed by atoms with Crippen molar-refractivity contribution >= 4 is 15.7 Å². The second kappa shape index (κ2) is 3.78. The highest BCUT2D eigenvalue weighted by Crippen LogP contribution is 2.30. The molecule has 16 heavy (non-hydrogen) atoms. The average Bonchev–Trinajstić information content (AvgIpc) is 2.16. The fourth-order valence-electron chi connectivity index (χ4n) is 0.950. The molecule has 88 valence electrons. The predicted octanol–water partition coefficient (Wildman–Crippen LogP) is 1.08. The first kappa shape index (κ1) is 12.5. The van der Waals surface area contributed by atoms with E-state index >= 15 is 0 Å². The molecule has 1 rings (SSSR count). The molecule has 0 aliphatic carbocycles. The van der Waals surface area contributed by atoms with E-state index < -0.39 is 26.1 Å². The molecule has 0 fully saturated rings. The number of nitrogens with two attached hydrogens (primary N) is 1. The number of halogens is 3. The molecular formula is C8H6F3NO3S. The number of amides is 1. The number of hydrogen-bond donors (Lipinski definition) is 1. The summed E-state index contributed by atoms with van der Waals surface area (Å²) in [4.78, 5) is 9.67. The molecule has 0 unspecified atom stereocenters. The fourth-order valence-corrected chi connectivity index (χ4v) is 1.76. The summed E-state index contributed by atoms with van der Waals surface area (Å²) < 4.78 is 58.3. The molecule has 1 aromatic rings. The van der Waals surface area contributed by atoms with Crippen molar-refractivity contribution in [3.05, 3.63) is 29.8 Å². The highest BCUT2D eigenvalue weighted by molar-refractivity contribution is 7.92. The predicted molar refractivity (Wildman–Crippen MR) is 48.2 cm³/mol. The lowest BCUT2D eigenvalue weighted by Gasteiger charge is -2.08. The third-order valence-corrected chi connectivity index (χ3v) is 3.22. The van der Waals surface area contributed by atoms with Gasteiger partial charge < -0.3 is 5.73 Å². The second-order valence-corrected chi connectivity index (χ2v) is 4.78. The molecule has 8 heteroatoms. The van der Waals surface area contributed by atoms with Crippen molar-refractivity contribution in [1.82, 2.24) is 0 Å². The summed E-state index contributed by atoms with van der Waals surface area (Å²) in [6, 6.07) is 3.47. The Kier molecular flexibility index (Phi) is 2.95. The van der Waals surface area contributed by atoms with Gasteiger partial charge in [0, 0.05) is 5.56 Å². The van der Waals surface area contributed by atoms with Gasteiger partial charge in [-0.05, 0) is 18.2 Å². The third-order valence-electron chi connectivity index (χ3n) is 1.73. The molecule has 2 N–H and O–H groups in total. The molecule has 0 aliphatic heterocycles. The van der Waals surface area contributed by atoms with Crippen LogP contribution < -0.4 is 5.73 Å². The highest BCUT2D eigenvalue weighted by atomic mass is 32.2. The lowest BCUT2D eigenvalue weighted by Crippen LogP contribution is -2.23. The largest absolute Gasteiger partial charge is 0.501 e. The van der Waals surface area contributed by atoms with Gasteiger partial charge >= 0.3 is 5.51 Å². The van der Waals surface area contributed by atoms with Crippen molar-refractivity contribution < 1.29 is 26.4 Å². The van der Waals surface area contributed by atoms with Gasteiger partial charge in [0.15, 0.2) is 0 Å². The summed E-state index contributed by atoms with van der Waals surface area (Å²) in [5.41, 5.74) is -0.880. The van der Waals surface area contributed by atoms with E-state index in [1.807, 2.05) is 0 Å². The molecule has 0 spiro atoms. The number of carbonyl (C=O) groups is 1. The number of alkyl halides is 3. The lowest BCUT2D eigenvalue weighted by molar-refractivity contribution is -0.0436. The van der Waals surface area contributed by atoms with Crippen molar-refractivity contribution in [2.45, 2.75) is 10.4 Å². The smallest absolute Gasteiger partial charge is 0.366 e. The number of primary amides is 1. The Balaban J connectivity index is 3.36. The van der Waals surface area contributed by atoms with E-state index in [1.165, 1.54) is 0 Å². The summed E-state index contributed by atoms with van der Waals surface area (Å²) in [6.45, 7) is 0. The van der Waals surface area contributed by atoms with Crippen LogP contribution in [0.2, 0.25) is 0 Å². The summed E-state index contributed by atoms with van der Waals surface area (Å²) in [7, 11) is -5.44. The summed E-state index contributed by atoms with van der Waals surface area (Å²) in [5.74, 6) is -1.00. The Morgan fingerprint density at radius 2 is 1.81 bits per heavy atom. The van der Waals surface area contributed by atoms with Gasteiger partial charge in [-0.25, -0.2) is 8.42 Å². The maximum atomic E-state index is 12.1. The standard InChI is InChI=1S/C8H6F3NO3S/c9-8(10,11)16(14,15)6-3-1-2-5(4-6)7(12)13/h1-4H,(H2,12,13). The molecule has 0 heterocycles. The lowest BCUT2D eigenvalue weighted by atomic mass is 10.2. The minimum Gasteiger partial charge on any atom is -0.366 e. The van der Waals surface area contributed by atoms with Gasteiger partial charge in [0.25, 0.3) is 9.84 Å². The molecule has 1 amide bonds. The number of sulfone groups is 1. The van der Waals surface area contributed by atoms with Gasteiger partial charge in [-0.1, -0.05) is 6.07 Å². The van der Waals surface area contributed by atoms with Crippen LogP contribution in [0.4, 0.5) is 13.2 Å². The first-order valence-corrected chi connectivity index (χ1v) is 5.36. The van der Waals surface area contributed by atoms with E-state index in [4.69, 9.17) is 5.73 Å². The molecule has 0 aromatic heterocycles. The van der Waals surface area contributed by atoms with Crippen LogP contribution in [0.3, 0.4) is 0 Å². The van der Waals surface area contributed by atoms with E-state index in [2.05, 4.69) is 0 Å². The molecule has 0 aliphatic rings. The Hall–Kier alpha value is -1.57. The Morgan fingerprint density at radius 1 is 1.25 bits per heavy atom. The summed E-state index contributed by atoms with van der Waals surface area (Å²) in [6.07, 6.45) is 0. The van der Waals surface area contributed by atoms with Gasteiger partial charge in [0.05, 0.1) is 4.90 Å². The van der Waals surface area contributed by atoms with E-state index in [0.29, 0.717) is 6.07 Å². The van der Waals surface area contributed by atoms with Crippen molar-refractivity contribution in [2.75, 3.05) is 0 Å². The molecule has 0 bridgehead atoms. The van der Waals surface area contributed by atoms with Gasteiger partial charge in [-0.3, -0.25) is 4.79 Å². The molecule has 1 aromatic carbocycles. The van der Waals surface area contributed by atoms with Crippen molar-refractivity contribution in [3.63, 3.8) is 0 Å². The molecule has 0 atom stereocenters. The van der Waals surface area contributed by atoms with Crippen LogP contribution in [0.1, 0.15) is 10.4 Å². The third kappa shape index (κ3) is 2.16. The molecule has 0 saturated heterocycles. The van der Waals surface area contributed by atoms with Gasteiger partial charge in [0.2, 0.25) is 5.91 Å². The highest BCUT2D eigenvalue weighted by Gasteiger charge is 2.46. The molecule has 4 nitrogen and oxygen atoms in total. The zero-order chi connectivity index (χ0) is 12.6. The van der Waals surface area contributed by atoms with E-state index in [-0.39, 0.29) is 5.56 Å². The number of benzene rings is 1. The second-order valence-electron chi connectivity index (χ2n) is 2.84.